The molecule has 0 spiro atoms. The molecule has 1 fully saturated rings. The highest BCUT2D eigenvalue weighted by Gasteiger charge is 2.41. The third kappa shape index (κ3) is 4.84. The van der Waals surface area contributed by atoms with Crippen molar-refractivity contribution < 1.29 is 17.8 Å². The second-order valence-corrected chi connectivity index (χ2v) is 9.30. The number of aromatic nitrogens is 1. The summed E-state index contributed by atoms with van der Waals surface area (Å²) in [5.74, 6) is -0.622. The van der Waals surface area contributed by atoms with Crippen molar-refractivity contribution >= 4 is 39.2 Å². The van der Waals surface area contributed by atoms with Crippen LogP contribution in [0.2, 0.25) is 10.0 Å². The molecular weight excluding hydrogens is 423 g/mol. The fraction of sp³-hybridized carbons (Fsp3) is 0.368. The molecular formula is C19H19Cl2N2O4S-. The number of carbonyl (C=O) groups excluding carboxylic acids is 1. The van der Waals surface area contributed by atoms with Crippen LogP contribution in [0.5, 0.6) is 0 Å². The Morgan fingerprint density at radius 3 is 2.64 bits per heavy atom. The van der Waals surface area contributed by atoms with E-state index in [0.29, 0.717) is 41.7 Å². The van der Waals surface area contributed by atoms with E-state index in [1.54, 1.807) is 41.4 Å². The molecule has 0 bridgehead atoms. The van der Waals surface area contributed by atoms with Gasteiger partial charge in [-0.2, -0.15) is 0 Å². The molecule has 3 rings (SSSR count). The molecule has 1 amide bonds. The van der Waals surface area contributed by atoms with Gasteiger partial charge in [-0.1, -0.05) is 35.3 Å². The van der Waals surface area contributed by atoms with Gasteiger partial charge in [-0.25, -0.2) is 8.42 Å². The molecule has 1 aliphatic heterocycles. The summed E-state index contributed by atoms with van der Waals surface area (Å²) in [6.45, 7) is 0.888. The number of carbonyl (C=O) groups is 1. The van der Waals surface area contributed by atoms with Crippen molar-refractivity contribution in [2.24, 2.45) is 0 Å². The molecule has 1 atom stereocenters. The van der Waals surface area contributed by atoms with Crippen LogP contribution in [0.15, 0.2) is 42.6 Å². The van der Waals surface area contributed by atoms with Gasteiger partial charge in [0.25, 0.3) is 5.91 Å². The molecule has 28 heavy (non-hydrogen) atoms. The van der Waals surface area contributed by atoms with Crippen molar-refractivity contribution in [1.82, 2.24) is 9.88 Å². The molecule has 9 heteroatoms. The van der Waals surface area contributed by atoms with Gasteiger partial charge in [0.05, 0.1) is 20.2 Å². The predicted molar refractivity (Wildman–Crippen MR) is 107 cm³/mol. The highest BCUT2D eigenvalue weighted by Crippen LogP contribution is 2.41. The first-order valence-corrected chi connectivity index (χ1v) is 11.1. The van der Waals surface area contributed by atoms with Crippen LogP contribution in [-0.2, 0) is 15.5 Å². The largest absolute Gasteiger partial charge is 0.748 e. The number of pyridine rings is 1. The molecule has 1 unspecified atom stereocenters. The minimum atomic E-state index is -4.30. The lowest BCUT2D eigenvalue weighted by atomic mass is 9.76. The smallest absolute Gasteiger partial charge is 0.272 e. The quantitative estimate of drug-likeness (QED) is 0.639. The molecule has 0 N–H and O–H groups in total. The van der Waals surface area contributed by atoms with E-state index in [9.17, 15) is 17.8 Å². The Morgan fingerprint density at radius 2 is 2.00 bits per heavy atom. The van der Waals surface area contributed by atoms with E-state index >= 15 is 0 Å². The Balaban J connectivity index is 1.87. The number of hydrogen-bond donors (Lipinski definition) is 0. The highest BCUT2D eigenvalue weighted by atomic mass is 35.5. The maximum absolute atomic E-state index is 12.8. The standard InChI is InChI=1S/C19H20Cl2N2O4S/c20-15-6-5-14(12-16(15)21)19(7-3-11-28(25,26)27)8-10-23(13-19)18(24)17-4-1-2-9-22-17/h1-2,4-6,9,12H,3,7-8,10-11,13H2,(H,25,26,27)/p-1. The van der Waals surface area contributed by atoms with Crippen molar-refractivity contribution in [3.63, 3.8) is 0 Å². The molecule has 150 valence electrons. The summed E-state index contributed by atoms with van der Waals surface area (Å²) in [5, 5.41) is 0.812. The van der Waals surface area contributed by atoms with Gasteiger partial charge in [0.15, 0.2) is 0 Å². The molecule has 6 nitrogen and oxygen atoms in total. The van der Waals surface area contributed by atoms with E-state index in [-0.39, 0.29) is 12.3 Å². The van der Waals surface area contributed by atoms with Gasteiger partial charge in [-0.3, -0.25) is 9.78 Å². The number of likely N-dealkylation sites (tertiary alicyclic amines) is 1. The van der Waals surface area contributed by atoms with Crippen molar-refractivity contribution in [2.45, 2.75) is 24.7 Å². The molecule has 1 saturated heterocycles. The lowest BCUT2D eigenvalue weighted by Gasteiger charge is -2.30. The first-order chi connectivity index (χ1) is 13.2. The zero-order valence-electron chi connectivity index (χ0n) is 15.0. The summed E-state index contributed by atoms with van der Waals surface area (Å²) >= 11 is 12.2. The first kappa shape index (κ1) is 21.0. The number of nitrogens with zero attached hydrogens (tertiary/aromatic N) is 2. The van der Waals surface area contributed by atoms with E-state index in [1.165, 1.54) is 0 Å². The minimum Gasteiger partial charge on any atom is -0.748 e. The van der Waals surface area contributed by atoms with Gasteiger partial charge in [-0.15, -0.1) is 0 Å². The Hall–Kier alpha value is -1.67. The lowest BCUT2D eigenvalue weighted by Crippen LogP contribution is -2.35. The molecule has 1 aromatic carbocycles. The fourth-order valence-corrected chi connectivity index (χ4v) is 4.49. The summed E-state index contributed by atoms with van der Waals surface area (Å²) in [5.41, 5.74) is 0.736. The van der Waals surface area contributed by atoms with Crippen LogP contribution in [0.1, 0.15) is 35.3 Å². The molecule has 2 aromatic rings. The minimum absolute atomic E-state index is 0.181. The van der Waals surface area contributed by atoms with Gasteiger partial charge >= 0.3 is 0 Å². The monoisotopic (exact) mass is 441 g/mol. The average molecular weight is 442 g/mol. The Kier molecular flexibility index (Phi) is 6.29. The van der Waals surface area contributed by atoms with Crippen LogP contribution in [0.3, 0.4) is 0 Å². The fourth-order valence-electron chi connectivity index (χ4n) is 3.69. The van der Waals surface area contributed by atoms with E-state index in [0.717, 1.165) is 5.56 Å². The second kappa shape index (κ2) is 8.37. The van der Waals surface area contributed by atoms with Gasteiger partial charge in [-0.05, 0) is 49.1 Å². The maximum atomic E-state index is 12.8. The topological polar surface area (TPSA) is 90.4 Å². The number of halogens is 2. The van der Waals surface area contributed by atoms with Crippen LogP contribution in [0.25, 0.3) is 0 Å². The van der Waals surface area contributed by atoms with Crippen molar-refractivity contribution in [3.8, 4) is 0 Å². The number of hydrogen-bond acceptors (Lipinski definition) is 5. The van der Waals surface area contributed by atoms with Crippen molar-refractivity contribution in [3.05, 3.63) is 63.9 Å². The van der Waals surface area contributed by atoms with Crippen LogP contribution in [0.4, 0.5) is 0 Å². The highest BCUT2D eigenvalue weighted by molar-refractivity contribution is 7.85. The Labute approximate surface area is 174 Å². The molecule has 1 aliphatic rings. The summed E-state index contributed by atoms with van der Waals surface area (Å²) in [4.78, 5) is 18.6. The summed E-state index contributed by atoms with van der Waals surface area (Å²) < 4.78 is 33.1. The zero-order chi connectivity index (χ0) is 20.4. The number of rotatable bonds is 6. The predicted octanol–water partition coefficient (Wildman–Crippen LogP) is 3.50. The molecule has 1 aromatic heterocycles. The zero-order valence-corrected chi connectivity index (χ0v) is 17.3. The third-order valence-corrected chi connectivity index (χ3v) is 6.63. The second-order valence-electron chi connectivity index (χ2n) is 6.97. The van der Waals surface area contributed by atoms with Crippen molar-refractivity contribution in [1.29, 1.82) is 0 Å². The van der Waals surface area contributed by atoms with Gasteiger partial charge in [0, 0.05) is 30.5 Å². The average Bonchev–Trinajstić information content (AvgIpc) is 3.08. The van der Waals surface area contributed by atoms with Crippen LogP contribution in [-0.4, -0.2) is 47.6 Å². The number of amides is 1. The van der Waals surface area contributed by atoms with E-state index < -0.39 is 21.3 Å². The SMILES string of the molecule is O=C(c1ccccn1)N1CCC(CCCS(=O)(=O)[O-])(c2ccc(Cl)c(Cl)c2)C1. The van der Waals surface area contributed by atoms with E-state index in [4.69, 9.17) is 23.2 Å². The van der Waals surface area contributed by atoms with E-state index in [1.807, 2.05) is 6.07 Å². The maximum Gasteiger partial charge on any atom is 0.272 e. The van der Waals surface area contributed by atoms with Gasteiger partial charge in [0.1, 0.15) is 5.69 Å². The molecule has 0 aliphatic carbocycles. The Morgan fingerprint density at radius 1 is 1.21 bits per heavy atom. The normalized spacial score (nSPS) is 19.8. The molecule has 0 saturated carbocycles. The molecule has 2 heterocycles. The number of benzene rings is 1. The third-order valence-electron chi connectivity index (χ3n) is 5.11. The first-order valence-electron chi connectivity index (χ1n) is 8.80. The summed E-state index contributed by atoms with van der Waals surface area (Å²) in [7, 11) is -4.30. The van der Waals surface area contributed by atoms with Crippen LogP contribution in [0, 0.1) is 0 Å². The Bertz CT molecular complexity index is 969. The van der Waals surface area contributed by atoms with E-state index in [2.05, 4.69) is 4.98 Å². The van der Waals surface area contributed by atoms with Crippen LogP contribution < -0.4 is 0 Å². The van der Waals surface area contributed by atoms with Crippen molar-refractivity contribution in [2.75, 3.05) is 18.8 Å². The lowest BCUT2D eigenvalue weighted by molar-refractivity contribution is 0.0776. The summed E-state index contributed by atoms with van der Waals surface area (Å²) in [6.07, 6.45) is 2.84. The van der Waals surface area contributed by atoms with Gasteiger partial charge < -0.3 is 9.45 Å². The van der Waals surface area contributed by atoms with Gasteiger partial charge in [0.2, 0.25) is 0 Å². The van der Waals surface area contributed by atoms with Crippen LogP contribution >= 0.6 is 23.2 Å². The summed E-state index contributed by atoms with van der Waals surface area (Å²) in [6, 6.07) is 10.4. The molecule has 0 radical (unpaired) electrons.